The van der Waals surface area contributed by atoms with E-state index in [0.717, 1.165) is 22.4 Å². The molecule has 1 aromatic carbocycles. The second-order valence-corrected chi connectivity index (χ2v) is 13.1. The number of aryl methyl sites for hydroxylation is 1. The first kappa shape index (κ1) is 27.6. The maximum Gasteiger partial charge on any atom is 0.238 e. The van der Waals surface area contributed by atoms with Crippen LogP contribution in [0.4, 0.5) is 11.6 Å². The second kappa shape index (κ2) is 10.5. The zero-order valence-corrected chi connectivity index (χ0v) is 23.9. The summed E-state index contributed by atoms with van der Waals surface area (Å²) in [6.45, 7) is 6.30. The molecule has 5 rings (SSSR count). The molecule has 1 atom stereocenters. The van der Waals surface area contributed by atoms with Gasteiger partial charge in [0.15, 0.2) is 0 Å². The molecule has 0 amide bonds. The number of hydrogen-bond acceptors (Lipinski definition) is 10. The van der Waals surface area contributed by atoms with Gasteiger partial charge in [-0.2, -0.15) is 14.4 Å². The van der Waals surface area contributed by atoms with E-state index in [4.69, 9.17) is 4.52 Å². The predicted molar refractivity (Wildman–Crippen MR) is 149 cm³/mol. The number of carbonyl (C=O) groups excluding carboxylic acids is 1. The summed E-state index contributed by atoms with van der Waals surface area (Å²) in [5.41, 5.74) is 3.61. The van der Waals surface area contributed by atoms with Crippen LogP contribution in [0.5, 0.6) is 0 Å². The number of fused-ring (bicyclic) bond motifs is 1. The highest BCUT2D eigenvalue weighted by Crippen LogP contribution is 2.35. The first-order chi connectivity index (χ1) is 18.9. The zero-order valence-electron chi connectivity index (χ0n) is 23.1. The van der Waals surface area contributed by atoms with Crippen molar-refractivity contribution in [1.82, 2.24) is 34.2 Å². The summed E-state index contributed by atoms with van der Waals surface area (Å²) in [6, 6.07) is 7.64. The number of ketones is 1. The van der Waals surface area contributed by atoms with Gasteiger partial charge in [0.1, 0.15) is 0 Å². The summed E-state index contributed by atoms with van der Waals surface area (Å²) in [5, 5.41) is 11.2. The van der Waals surface area contributed by atoms with Gasteiger partial charge in [0.2, 0.25) is 33.5 Å². The number of benzene rings is 1. The van der Waals surface area contributed by atoms with Crippen molar-refractivity contribution >= 4 is 27.4 Å². The minimum atomic E-state index is -3.46. The van der Waals surface area contributed by atoms with E-state index in [-0.39, 0.29) is 35.9 Å². The van der Waals surface area contributed by atoms with Gasteiger partial charge in [-0.3, -0.25) is 9.48 Å². The molecule has 0 spiro atoms. The zero-order chi connectivity index (χ0) is 28.7. The topological polar surface area (TPSA) is 149 Å². The van der Waals surface area contributed by atoms with Crippen molar-refractivity contribution in [3.8, 4) is 11.3 Å². The van der Waals surface area contributed by atoms with Gasteiger partial charge in [0.05, 0.1) is 23.8 Å². The van der Waals surface area contributed by atoms with Crippen LogP contribution < -0.4 is 5.32 Å². The summed E-state index contributed by atoms with van der Waals surface area (Å²) in [4.78, 5) is 26.4. The van der Waals surface area contributed by atoms with Gasteiger partial charge in [0.25, 0.3) is 0 Å². The number of hydrogen-bond donors (Lipinski definition) is 1. The Morgan fingerprint density at radius 3 is 2.67 bits per heavy atom. The number of nitrogens with zero attached hydrogens (tertiary/aromatic N) is 7. The Morgan fingerprint density at radius 2 is 2.00 bits per heavy atom. The van der Waals surface area contributed by atoms with Gasteiger partial charge in [-0.25, -0.2) is 18.4 Å². The van der Waals surface area contributed by atoms with Crippen molar-refractivity contribution < 1.29 is 17.7 Å². The Hall–Kier alpha value is -3.97. The van der Waals surface area contributed by atoms with Gasteiger partial charge in [-0.1, -0.05) is 38.1 Å². The Bertz CT molecular complexity index is 1650. The van der Waals surface area contributed by atoms with Crippen LogP contribution in [0.2, 0.25) is 0 Å². The molecule has 0 bridgehead atoms. The number of Topliss-reactive ketones (excluding diaryl/α,β-unsaturated/α-hetero) is 1. The largest absolute Gasteiger partial charge is 0.338 e. The first-order valence-electron chi connectivity index (χ1n) is 12.9. The molecule has 0 fully saturated rings. The lowest BCUT2D eigenvalue weighted by atomic mass is 9.87. The molecule has 1 aliphatic rings. The fourth-order valence-electron chi connectivity index (χ4n) is 4.67. The molecule has 0 radical (unpaired) electrons. The van der Waals surface area contributed by atoms with E-state index in [9.17, 15) is 13.2 Å². The molecule has 0 saturated carbocycles. The lowest BCUT2D eigenvalue weighted by Crippen LogP contribution is -2.29. The molecule has 13 heteroatoms. The Morgan fingerprint density at radius 1 is 1.20 bits per heavy atom. The van der Waals surface area contributed by atoms with Crippen LogP contribution in [0.1, 0.15) is 67.2 Å². The van der Waals surface area contributed by atoms with Gasteiger partial charge in [0, 0.05) is 49.9 Å². The fourth-order valence-corrected chi connectivity index (χ4v) is 5.48. The van der Waals surface area contributed by atoms with Crippen LogP contribution in [-0.2, 0) is 29.0 Å². The van der Waals surface area contributed by atoms with Crippen molar-refractivity contribution in [2.75, 3.05) is 18.1 Å². The van der Waals surface area contributed by atoms with Crippen molar-refractivity contribution in [3.63, 3.8) is 0 Å². The highest BCUT2D eigenvalue weighted by molar-refractivity contribution is 7.88. The third-order valence-corrected chi connectivity index (χ3v) is 8.04. The number of aromatic nitrogens is 6. The molecule has 0 aliphatic carbocycles. The van der Waals surface area contributed by atoms with Gasteiger partial charge < -0.3 is 9.84 Å². The normalized spacial score (nSPS) is 16.4. The van der Waals surface area contributed by atoms with E-state index < -0.39 is 10.0 Å². The molecular weight excluding hydrogens is 532 g/mol. The SMILES string of the molecule is Cn1cc(Nc2nccc(-c3ccc4c(c3)CN(S(C)(=O)=O)CCC4CC(=O)c3noc(C(C)(C)C)n3)n2)cn1. The molecule has 1 N–H and O–H groups in total. The van der Waals surface area contributed by atoms with Crippen molar-refractivity contribution in [1.29, 1.82) is 0 Å². The first-order valence-corrected chi connectivity index (χ1v) is 14.8. The Labute approximate surface area is 232 Å². The average Bonchev–Trinajstić information content (AvgIpc) is 3.50. The van der Waals surface area contributed by atoms with Crippen LogP contribution in [-0.4, -0.2) is 61.2 Å². The third-order valence-electron chi connectivity index (χ3n) is 6.79. The monoisotopic (exact) mass is 564 g/mol. The van der Waals surface area contributed by atoms with Crippen LogP contribution in [0.25, 0.3) is 11.3 Å². The molecule has 1 unspecified atom stereocenters. The van der Waals surface area contributed by atoms with Gasteiger partial charge >= 0.3 is 0 Å². The van der Waals surface area contributed by atoms with Crippen LogP contribution in [0.3, 0.4) is 0 Å². The third kappa shape index (κ3) is 6.10. The standard InChI is InChI=1S/C27H32N8O4S/c1-27(2,3)25-32-24(33-39-25)23(36)13-17-9-11-35(40(5,37)38)15-19-12-18(6-7-21(17)19)22-8-10-28-26(31-22)30-20-14-29-34(4)16-20/h6-8,10,12,14,16-17H,9,11,13,15H2,1-5H3,(H,28,30,31). The number of nitrogens with one attached hydrogen (secondary N) is 1. The summed E-state index contributed by atoms with van der Waals surface area (Å²) in [6.07, 6.45) is 6.99. The smallest absolute Gasteiger partial charge is 0.238 e. The average molecular weight is 565 g/mol. The lowest BCUT2D eigenvalue weighted by molar-refractivity contribution is 0.0959. The van der Waals surface area contributed by atoms with Crippen LogP contribution >= 0.6 is 0 Å². The molecule has 12 nitrogen and oxygen atoms in total. The number of carbonyl (C=O) groups is 1. The fraction of sp³-hybridized carbons (Fsp3) is 0.407. The summed E-state index contributed by atoms with van der Waals surface area (Å²) in [5.74, 6) is 0.396. The van der Waals surface area contributed by atoms with E-state index in [1.54, 1.807) is 23.1 Å². The maximum absolute atomic E-state index is 13.2. The van der Waals surface area contributed by atoms with Crippen LogP contribution in [0, 0.1) is 0 Å². The molecule has 4 heterocycles. The van der Waals surface area contributed by atoms with E-state index in [1.807, 2.05) is 52.2 Å². The van der Waals surface area contributed by atoms with E-state index in [1.165, 1.54) is 10.6 Å². The molecule has 0 saturated heterocycles. The summed E-state index contributed by atoms with van der Waals surface area (Å²) in [7, 11) is -1.64. The minimum absolute atomic E-state index is 0.0435. The minimum Gasteiger partial charge on any atom is -0.338 e. The summed E-state index contributed by atoms with van der Waals surface area (Å²) < 4.78 is 33.6. The Kier molecular flexibility index (Phi) is 7.27. The van der Waals surface area contributed by atoms with Crippen molar-refractivity contribution in [2.45, 2.75) is 51.5 Å². The highest BCUT2D eigenvalue weighted by atomic mass is 32.2. The molecule has 3 aromatic heterocycles. The van der Waals surface area contributed by atoms with E-state index in [2.05, 4.69) is 30.5 Å². The second-order valence-electron chi connectivity index (χ2n) is 11.1. The molecule has 210 valence electrons. The number of anilines is 2. The highest BCUT2D eigenvalue weighted by Gasteiger charge is 2.31. The maximum atomic E-state index is 13.2. The molecular formula is C27H32N8O4S. The predicted octanol–water partition coefficient (Wildman–Crippen LogP) is 3.82. The lowest BCUT2D eigenvalue weighted by Gasteiger charge is -2.18. The van der Waals surface area contributed by atoms with Crippen molar-refractivity contribution in [3.05, 3.63) is 65.7 Å². The number of rotatable bonds is 7. The Balaban J connectivity index is 1.45. The van der Waals surface area contributed by atoms with E-state index >= 15 is 0 Å². The molecule has 4 aromatic rings. The van der Waals surface area contributed by atoms with E-state index in [0.29, 0.717) is 30.5 Å². The van der Waals surface area contributed by atoms with Crippen molar-refractivity contribution in [2.24, 2.45) is 7.05 Å². The van der Waals surface area contributed by atoms with Crippen LogP contribution in [0.15, 0.2) is 47.4 Å². The molecule has 40 heavy (non-hydrogen) atoms. The molecule has 1 aliphatic heterocycles. The number of sulfonamides is 1. The van der Waals surface area contributed by atoms with Gasteiger partial charge in [-0.05, 0) is 35.6 Å². The summed E-state index contributed by atoms with van der Waals surface area (Å²) >= 11 is 0. The van der Waals surface area contributed by atoms with Gasteiger partial charge in [-0.15, -0.1) is 0 Å². The quantitative estimate of drug-likeness (QED) is 0.328.